The van der Waals surface area contributed by atoms with Crippen molar-refractivity contribution in [2.75, 3.05) is 24.6 Å². The Bertz CT molecular complexity index is 1150. The van der Waals surface area contributed by atoms with Gasteiger partial charge in [-0.15, -0.1) is 6.58 Å². The summed E-state index contributed by atoms with van der Waals surface area (Å²) in [6, 6.07) is 5.63. The molecule has 2 fully saturated rings. The molecule has 0 bridgehead atoms. The van der Waals surface area contributed by atoms with E-state index >= 15 is 0 Å². The van der Waals surface area contributed by atoms with Crippen LogP contribution in [0.25, 0.3) is 16.9 Å². The molecule has 1 aromatic carbocycles. The molecule has 1 spiro atoms. The van der Waals surface area contributed by atoms with Crippen LogP contribution < -0.4 is 10.6 Å². The van der Waals surface area contributed by atoms with Crippen molar-refractivity contribution in [3.8, 4) is 11.3 Å². The Morgan fingerprint density at radius 1 is 1.29 bits per heavy atom. The molecule has 0 unspecified atom stereocenters. The minimum absolute atomic E-state index is 0.00433. The summed E-state index contributed by atoms with van der Waals surface area (Å²) < 4.78 is 7.95. The van der Waals surface area contributed by atoms with E-state index in [4.69, 9.17) is 38.7 Å². The lowest BCUT2D eigenvalue weighted by molar-refractivity contribution is 0.110. The van der Waals surface area contributed by atoms with Gasteiger partial charge in [0, 0.05) is 42.5 Å². The summed E-state index contributed by atoms with van der Waals surface area (Å²) >= 11 is 12.8. The van der Waals surface area contributed by atoms with Gasteiger partial charge in [0.1, 0.15) is 0 Å². The molecule has 0 radical (unpaired) electrons. The van der Waals surface area contributed by atoms with Crippen molar-refractivity contribution in [2.24, 2.45) is 11.1 Å². The number of imidazole rings is 1. The SMILES string of the molecule is C=C[C@@H]1OCC2(CCN(c3nc(C)c(-c4cccc(Cl)c4Cl)n4ccnc34)CC2)[C@@H]1N. The van der Waals surface area contributed by atoms with Crippen LogP contribution in [-0.2, 0) is 4.74 Å². The molecule has 8 heteroatoms. The Balaban J connectivity index is 1.50. The summed E-state index contributed by atoms with van der Waals surface area (Å²) in [5.41, 5.74) is 9.95. The van der Waals surface area contributed by atoms with Crippen LogP contribution in [0, 0.1) is 12.3 Å². The van der Waals surface area contributed by atoms with E-state index in [2.05, 4.69) is 20.9 Å². The fraction of sp³-hybridized carbons (Fsp3) is 0.391. The first-order valence-electron chi connectivity index (χ1n) is 10.5. The predicted octanol–water partition coefficient (Wildman–Crippen LogP) is 4.51. The highest BCUT2D eigenvalue weighted by Gasteiger charge is 2.48. The molecule has 2 atom stereocenters. The maximum absolute atomic E-state index is 6.53. The van der Waals surface area contributed by atoms with Gasteiger partial charge >= 0.3 is 0 Å². The fourth-order valence-corrected chi connectivity index (χ4v) is 5.37. The van der Waals surface area contributed by atoms with Crippen LogP contribution in [0.5, 0.6) is 0 Å². The maximum Gasteiger partial charge on any atom is 0.180 e. The quantitative estimate of drug-likeness (QED) is 0.585. The van der Waals surface area contributed by atoms with Crippen LogP contribution in [0.1, 0.15) is 18.5 Å². The van der Waals surface area contributed by atoms with E-state index in [9.17, 15) is 0 Å². The molecule has 0 aliphatic carbocycles. The van der Waals surface area contributed by atoms with Gasteiger partial charge in [0.05, 0.1) is 34.1 Å². The van der Waals surface area contributed by atoms with Crippen LogP contribution in [0.2, 0.25) is 10.0 Å². The van der Waals surface area contributed by atoms with E-state index in [0.717, 1.165) is 54.3 Å². The topological polar surface area (TPSA) is 68.7 Å². The van der Waals surface area contributed by atoms with Gasteiger partial charge in [-0.3, -0.25) is 4.40 Å². The molecule has 162 valence electrons. The number of nitrogens with two attached hydrogens (primary N) is 1. The van der Waals surface area contributed by atoms with E-state index in [1.807, 2.05) is 31.3 Å². The van der Waals surface area contributed by atoms with Crippen molar-refractivity contribution in [3.63, 3.8) is 0 Å². The predicted molar refractivity (Wildman–Crippen MR) is 125 cm³/mol. The molecule has 2 aliphatic rings. The molecule has 2 aliphatic heterocycles. The number of piperidine rings is 1. The zero-order chi connectivity index (χ0) is 21.8. The average molecular weight is 458 g/mol. The number of ether oxygens (including phenoxy) is 1. The van der Waals surface area contributed by atoms with Crippen molar-refractivity contribution < 1.29 is 4.74 Å². The molecular weight excluding hydrogens is 433 g/mol. The largest absolute Gasteiger partial charge is 0.372 e. The van der Waals surface area contributed by atoms with E-state index in [-0.39, 0.29) is 17.6 Å². The van der Waals surface area contributed by atoms with Gasteiger partial charge in [0.2, 0.25) is 0 Å². The summed E-state index contributed by atoms with van der Waals surface area (Å²) in [4.78, 5) is 11.9. The summed E-state index contributed by atoms with van der Waals surface area (Å²) in [5.74, 6) is 0.881. The van der Waals surface area contributed by atoms with E-state index in [0.29, 0.717) is 16.7 Å². The number of fused-ring (bicyclic) bond motifs is 1. The van der Waals surface area contributed by atoms with Crippen molar-refractivity contribution >= 4 is 34.7 Å². The third kappa shape index (κ3) is 3.24. The third-order valence-electron chi connectivity index (χ3n) is 6.82. The molecule has 0 amide bonds. The van der Waals surface area contributed by atoms with Crippen molar-refractivity contribution in [3.05, 3.63) is 59.0 Å². The first-order valence-corrected chi connectivity index (χ1v) is 11.2. The number of anilines is 1. The first kappa shape index (κ1) is 20.8. The van der Waals surface area contributed by atoms with Gasteiger partial charge < -0.3 is 15.4 Å². The molecule has 2 aromatic heterocycles. The van der Waals surface area contributed by atoms with E-state index in [1.165, 1.54) is 0 Å². The van der Waals surface area contributed by atoms with Gasteiger partial charge in [-0.1, -0.05) is 41.4 Å². The van der Waals surface area contributed by atoms with E-state index < -0.39 is 0 Å². The lowest BCUT2D eigenvalue weighted by Gasteiger charge is -2.41. The van der Waals surface area contributed by atoms with Crippen LogP contribution in [0.3, 0.4) is 0 Å². The molecule has 3 aromatic rings. The Morgan fingerprint density at radius 3 is 2.77 bits per heavy atom. The second-order valence-corrected chi connectivity index (χ2v) is 9.26. The summed E-state index contributed by atoms with van der Waals surface area (Å²) in [7, 11) is 0. The Hall–Kier alpha value is -2.12. The zero-order valence-corrected chi connectivity index (χ0v) is 18.9. The fourth-order valence-electron chi connectivity index (χ4n) is 4.98. The van der Waals surface area contributed by atoms with Crippen molar-refractivity contribution in [1.29, 1.82) is 0 Å². The minimum atomic E-state index is -0.0624. The molecule has 2 saturated heterocycles. The second kappa shape index (κ2) is 7.78. The highest BCUT2D eigenvalue weighted by Crippen LogP contribution is 2.43. The second-order valence-electron chi connectivity index (χ2n) is 8.48. The lowest BCUT2D eigenvalue weighted by atomic mass is 9.73. The number of hydrogen-bond acceptors (Lipinski definition) is 5. The van der Waals surface area contributed by atoms with E-state index in [1.54, 1.807) is 12.3 Å². The lowest BCUT2D eigenvalue weighted by Crippen LogP contribution is -2.51. The smallest absolute Gasteiger partial charge is 0.180 e. The zero-order valence-electron chi connectivity index (χ0n) is 17.4. The summed E-state index contributed by atoms with van der Waals surface area (Å²) in [6.07, 6.45) is 7.41. The summed E-state index contributed by atoms with van der Waals surface area (Å²) in [6.45, 7) is 8.26. The average Bonchev–Trinajstić information content (AvgIpc) is 3.37. The van der Waals surface area contributed by atoms with Crippen LogP contribution >= 0.6 is 23.2 Å². The van der Waals surface area contributed by atoms with Gasteiger partial charge in [-0.25, -0.2) is 9.97 Å². The van der Waals surface area contributed by atoms with Crippen molar-refractivity contribution in [2.45, 2.75) is 31.9 Å². The number of rotatable bonds is 3. The molecule has 5 rings (SSSR count). The third-order valence-corrected chi connectivity index (χ3v) is 7.64. The normalized spacial score (nSPS) is 23.0. The van der Waals surface area contributed by atoms with Crippen molar-refractivity contribution in [1.82, 2.24) is 14.4 Å². The number of halogens is 2. The molecular formula is C23H25Cl2N5O. The van der Waals surface area contributed by atoms with Gasteiger partial charge in [-0.05, 0) is 25.8 Å². The van der Waals surface area contributed by atoms with Gasteiger partial charge in [0.15, 0.2) is 11.5 Å². The van der Waals surface area contributed by atoms with Crippen LogP contribution in [-0.4, -0.2) is 46.2 Å². The monoisotopic (exact) mass is 457 g/mol. The molecule has 0 saturated carbocycles. The first-order chi connectivity index (χ1) is 14.9. The number of aromatic nitrogens is 3. The molecule has 2 N–H and O–H groups in total. The summed E-state index contributed by atoms with van der Waals surface area (Å²) in [5, 5.41) is 1.04. The Kier molecular flexibility index (Phi) is 5.21. The standard InChI is InChI=1S/C23H25Cl2N5O/c1-3-17-20(26)23(13-31-17)7-10-29(11-8-23)22-21-27-9-12-30(21)19(14(2)28-22)15-5-4-6-16(24)18(15)25/h3-6,9,12,17,20H,1,7-8,10-11,13,26H2,2H3/t17-,20+/m0/s1. The number of hydrogen-bond donors (Lipinski definition) is 1. The van der Waals surface area contributed by atoms with Crippen LogP contribution in [0.4, 0.5) is 5.82 Å². The number of benzene rings is 1. The highest BCUT2D eigenvalue weighted by atomic mass is 35.5. The Morgan fingerprint density at radius 2 is 2.06 bits per heavy atom. The van der Waals surface area contributed by atoms with Crippen LogP contribution in [0.15, 0.2) is 43.2 Å². The van der Waals surface area contributed by atoms with Gasteiger partial charge in [-0.2, -0.15) is 0 Å². The highest BCUT2D eigenvalue weighted by molar-refractivity contribution is 6.43. The Labute approximate surface area is 191 Å². The number of aryl methyl sites for hydroxylation is 1. The van der Waals surface area contributed by atoms with Gasteiger partial charge in [0.25, 0.3) is 0 Å². The molecule has 31 heavy (non-hydrogen) atoms. The molecule has 6 nitrogen and oxygen atoms in total. The minimum Gasteiger partial charge on any atom is -0.372 e. The molecule has 4 heterocycles. The number of nitrogens with zero attached hydrogens (tertiary/aromatic N) is 4. The maximum atomic E-state index is 6.53.